The van der Waals surface area contributed by atoms with Gasteiger partial charge in [-0.05, 0) is 53.3 Å². The first-order valence-corrected chi connectivity index (χ1v) is 19.5. The number of carbonyl (C=O) groups is 5. The van der Waals surface area contributed by atoms with Gasteiger partial charge >= 0.3 is 6.09 Å². The van der Waals surface area contributed by atoms with Crippen LogP contribution in [-0.2, 0) is 38.7 Å². The van der Waals surface area contributed by atoms with E-state index >= 15 is 0 Å². The summed E-state index contributed by atoms with van der Waals surface area (Å²) in [5.41, 5.74) is 11.5. The molecule has 5 aromatic rings. The third-order valence-corrected chi connectivity index (χ3v) is 9.58. The second-order valence-corrected chi connectivity index (χ2v) is 14.6. The Morgan fingerprint density at radius 1 is 0.750 bits per heavy atom. The summed E-state index contributed by atoms with van der Waals surface area (Å²) in [7, 11) is 1.20. The highest BCUT2D eigenvalue weighted by Gasteiger charge is 2.32. The van der Waals surface area contributed by atoms with Crippen LogP contribution in [0.3, 0.4) is 0 Å². The second-order valence-electron chi connectivity index (χ2n) is 14.6. The van der Waals surface area contributed by atoms with Crippen LogP contribution in [0.4, 0.5) is 4.79 Å². The van der Waals surface area contributed by atoms with E-state index in [-0.39, 0.29) is 31.1 Å². The molecule has 0 aliphatic rings. The summed E-state index contributed by atoms with van der Waals surface area (Å²) in [6.45, 7) is 3.77. The lowest BCUT2D eigenvalue weighted by molar-refractivity contribution is -0.131. The van der Waals surface area contributed by atoms with E-state index in [0.717, 1.165) is 22.1 Å². The molecule has 1 aromatic heterocycles. The first kappa shape index (κ1) is 44.3. The molecule has 0 spiro atoms. The Balaban J connectivity index is 1.37. The number of para-hydroxylation sites is 1. The molecule has 314 valence electrons. The molecule has 0 aliphatic carbocycles. The molecule has 5 rings (SSSR count). The lowest BCUT2D eigenvalue weighted by Crippen LogP contribution is -2.59. The Labute approximate surface area is 348 Å². The van der Waals surface area contributed by atoms with Gasteiger partial charge in [0, 0.05) is 18.5 Å². The molecule has 5 amide bonds. The van der Waals surface area contributed by atoms with Gasteiger partial charge in [0.1, 0.15) is 30.1 Å². The van der Waals surface area contributed by atoms with Gasteiger partial charge in [0.05, 0.1) is 31.2 Å². The number of hydrogen-bond donors (Lipinski definition) is 6. The molecule has 2 unspecified atom stereocenters. The van der Waals surface area contributed by atoms with Gasteiger partial charge in [-0.15, -0.1) is 0 Å². The van der Waals surface area contributed by atoms with E-state index in [1.807, 2.05) is 84.9 Å². The molecule has 60 heavy (non-hydrogen) atoms. The molecule has 0 saturated heterocycles. The van der Waals surface area contributed by atoms with Gasteiger partial charge in [0.15, 0.2) is 0 Å². The maximum absolute atomic E-state index is 14.0. The first-order chi connectivity index (χ1) is 28.9. The SMILES string of the molecule is COC(=O)N[C@H](C(=O)NN(Cc1ccc(OCc2ccccc2)cc1)CC(O)C(Cc1ccccc1)NC(=O)[C@H](CC(N)=O)NC(=O)c1ccc2ccccc2n1)C(C)C. The number of nitrogens with zero attached hydrogens (tertiary/aromatic N) is 2. The highest BCUT2D eigenvalue weighted by atomic mass is 16.5. The summed E-state index contributed by atoms with van der Waals surface area (Å²) < 4.78 is 10.7. The van der Waals surface area contributed by atoms with Crippen molar-refractivity contribution >= 4 is 40.6 Å². The van der Waals surface area contributed by atoms with E-state index in [4.69, 9.17) is 15.2 Å². The average Bonchev–Trinajstić information content (AvgIpc) is 3.24. The second kappa shape index (κ2) is 21.8. The van der Waals surface area contributed by atoms with Crippen molar-refractivity contribution in [2.75, 3.05) is 13.7 Å². The van der Waals surface area contributed by atoms with E-state index in [9.17, 15) is 29.1 Å². The summed E-state index contributed by atoms with van der Waals surface area (Å²) in [6, 6.07) is 33.1. The third kappa shape index (κ3) is 13.4. The average molecular weight is 818 g/mol. The van der Waals surface area contributed by atoms with Gasteiger partial charge in [-0.3, -0.25) is 24.6 Å². The number of aliphatic hydroxyl groups is 1. The molecule has 4 atom stereocenters. The molecule has 1 heterocycles. The number of nitrogens with two attached hydrogens (primary N) is 1. The number of primary amides is 1. The number of aliphatic hydroxyl groups excluding tert-OH is 1. The number of hydrogen-bond acceptors (Lipinski definition) is 10. The Morgan fingerprint density at radius 2 is 1.40 bits per heavy atom. The van der Waals surface area contributed by atoms with Crippen LogP contribution in [0.15, 0.2) is 121 Å². The summed E-state index contributed by atoms with van der Waals surface area (Å²) >= 11 is 0. The highest BCUT2D eigenvalue weighted by Crippen LogP contribution is 2.17. The number of methoxy groups -OCH3 is 1. The predicted octanol–water partition coefficient (Wildman–Crippen LogP) is 3.79. The van der Waals surface area contributed by atoms with Crippen molar-refractivity contribution < 1.29 is 38.6 Å². The minimum atomic E-state index is -1.41. The molecule has 0 bridgehead atoms. The van der Waals surface area contributed by atoms with Crippen LogP contribution in [0.25, 0.3) is 10.9 Å². The number of ether oxygens (including phenoxy) is 2. The van der Waals surface area contributed by atoms with E-state index in [1.54, 1.807) is 44.2 Å². The Bertz CT molecular complexity index is 2210. The molecular formula is C45H51N7O8. The van der Waals surface area contributed by atoms with Crippen LogP contribution in [-0.4, -0.2) is 82.7 Å². The number of pyridine rings is 1. The predicted molar refractivity (Wildman–Crippen MR) is 225 cm³/mol. The summed E-state index contributed by atoms with van der Waals surface area (Å²) in [4.78, 5) is 69.8. The maximum Gasteiger partial charge on any atom is 0.407 e. The molecule has 0 saturated carbocycles. The van der Waals surface area contributed by atoms with Crippen molar-refractivity contribution in [1.29, 1.82) is 0 Å². The van der Waals surface area contributed by atoms with Crippen LogP contribution >= 0.6 is 0 Å². The molecule has 15 nitrogen and oxygen atoms in total. The Hall–Kier alpha value is -6.84. The van der Waals surface area contributed by atoms with Gasteiger partial charge < -0.3 is 36.3 Å². The van der Waals surface area contributed by atoms with E-state index in [0.29, 0.717) is 17.9 Å². The number of hydrazine groups is 1. The van der Waals surface area contributed by atoms with Crippen LogP contribution in [0.5, 0.6) is 5.75 Å². The number of carbonyl (C=O) groups excluding carboxylic acids is 5. The van der Waals surface area contributed by atoms with Gasteiger partial charge in [-0.25, -0.2) is 14.8 Å². The molecule has 15 heteroatoms. The standard InChI is InChI=1S/C45H51N7O8/c1-29(2)41(50-45(58)59-3)44(57)51-52(26-31-18-21-34(22-19-31)60-28-32-14-8-5-9-15-32)27-39(53)37(24-30-12-6-4-7-13-30)48-43(56)38(25-40(46)54)49-42(55)36-23-20-33-16-10-11-17-35(33)47-36/h4-23,29,37-39,41,53H,24-28H2,1-3H3,(H2,46,54)(H,48,56)(H,49,55)(H,50,58)(H,51,57)/t37?,38-,39?,41-/m0/s1. The molecule has 4 aromatic carbocycles. The van der Waals surface area contributed by atoms with Crippen molar-refractivity contribution in [1.82, 2.24) is 31.4 Å². The van der Waals surface area contributed by atoms with Gasteiger partial charge in [0.2, 0.25) is 11.8 Å². The van der Waals surface area contributed by atoms with Crippen LogP contribution in [0.2, 0.25) is 0 Å². The molecule has 0 fully saturated rings. The number of nitrogens with one attached hydrogen (secondary N) is 4. The van der Waals surface area contributed by atoms with Crippen molar-refractivity contribution in [3.63, 3.8) is 0 Å². The zero-order valence-electron chi connectivity index (χ0n) is 33.7. The fourth-order valence-electron chi connectivity index (χ4n) is 6.37. The van der Waals surface area contributed by atoms with Crippen molar-refractivity contribution in [2.45, 2.75) is 64.1 Å². The number of alkyl carbamates (subject to hydrolysis) is 1. The smallest absolute Gasteiger partial charge is 0.407 e. The fraction of sp³-hybridized carbons (Fsp3) is 0.289. The summed E-state index contributed by atoms with van der Waals surface area (Å²) in [5, 5.41) is 22.2. The maximum atomic E-state index is 14.0. The quantitative estimate of drug-likeness (QED) is 0.0626. The van der Waals surface area contributed by atoms with Crippen LogP contribution in [0, 0.1) is 5.92 Å². The van der Waals surface area contributed by atoms with E-state index < -0.39 is 60.4 Å². The zero-order valence-corrected chi connectivity index (χ0v) is 33.7. The number of amides is 5. The number of benzene rings is 4. The Kier molecular flexibility index (Phi) is 16.1. The van der Waals surface area contributed by atoms with E-state index in [2.05, 4.69) is 26.4 Å². The lowest BCUT2D eigenvalue weighted by atomic mass is 9.99. The minimum absolute atomic E-state index is 0.0282. The monoisotopic (exact) mass is 817 g/mol. The number of aromatic nitrogens is 1. The molecule has 0 radical (unpaired) electrons. The topological polar surface area (TPSA) is 214 Å². The summed E-state index contributed by atoms with van der Waals surface area (Å²) in [5.74, 6) is -2.60. The lowest BCUT2D eigenvalue weighted by Gasteiger charge is -2.32. The van der Waals surface area contributed by atoms with Crippen molar-refractivity contribution in [3.05, 3.63) is 144 Å². The van der Waals surface area contributed by atoms with Gasteiger partial charge in [-0.2, -0.15) is 0 Å². The van der Waals surface area contributed by atoms with Gasteiger partial charge in [-0.1, -0.05) is 111 Å². The third-order valence-electron chi connectivity index (χ3n) is 9.58. The zero-order chi connectivity index (χ0) is 43.0. The van der Waals surface area contributed by atoms with Crippen molar-refractivity contribution in [2.24, 2.45) is 11.7 Å². The molecule has 7 N–H and O–H groups in total. The largest absolute Gasteiger partial charge is 0.489 e. The first-order valence-electron chi connectivity index (χ1n) is 19.5. The number of rotatable bonds is 20. The molecule has 0 aliphatic heterocycles. The van der Waals surface area contributed by atoms with Crippen LogP contribution < -0.4 is 31.8 Å². The van der Waals surface area contributed by atoms with Crippen molar-refractivity contribution in [3.8, 4) is 5.75 Å². The molecular weight excluding hydrogens is 767 g/mol. The Morgan fingerprint density at radius 3 is 2.05 bits per heavy atom. The van der Waals surface area contributed by atoms with E-state index in [1.165, 1.54) is 18.2 Å². The fourth-order valence-corrected chi connectivity index (χ4v) is 6.37. The highest BCUT2D eigenvalue weighted by molar-refractivity contribution is 5.99. The number of fused-ring (bicyclic) bond motifs is 1. The summed E-state index contributed by atoms with van der Waals surface area (Å²) in [6.07, 6.45) is -2.54. The normalized spacial score (nSPS) is 13.1. The van der Waals surface area contributed by atoms with Gasteiger partial charge in [0.25, 0.3) is 11.8 Å². The van der Waals surface area contributed by atoms with Crippen LogP contribution in [0.1, 0.15) is 47.4 Å². The minimum Gasteiger partial charge on any atom is -0.489 e.